The number of hydrogen-bond donors (Lipinski definition) is 0. The second-order valence-corrected chi connectivity index (χ2v) is 5.46. The Hall–Kier alpha value is -2.04. The van der Waals surface area contributed by atoms with Crippen LogP contribution in [-0.4, -0.2) is 37.0 Å². The summed E-state index contributed by atoms with van der Waals surface area (Å²) in [6.45, 7) is 2.07. The predicted molar refractivity (Wildman–Crippen MR) is 82.5 cm³/mol. The van der Waals surface area contributed by atoms with Gasteiger partial charge in [-0.2, -0.15) is 0 Å². The number of carbonyl (C=O) groups excluding carboxylic acids is 2. The molecule has 0 spiro atoms. The Morgan fingerprint density at radius 1 is 1.32 bits per heavy atom. The Bertz CT molecular complexity index is 526. The Labute approximate surface area is 131 Å². The molecular formula is C17H23NO4. The first-order valence-corrected chi connectivity index (χ1v) is 7.65. The van der Waals surface area contributed by atoms with E-state index in [1.807, 2.05) is 24.3 Å². The third-order valence-electron chi connectivity index (χ3n) is 4.13. The fraction of sp³-hybridized carbons (Fsp3) is 0.529. The maximum atomic E-state index is 12.3. The van der Waals surface area contributed by atoms with Gasteiger partial charge in [0.1, 0.15) is 11.8 Å². The van der Waals surface area contributed by atoms with Crippen LogP contribution in [0.5, 0.6) is 5.75 Å². The van der Waals surface area contributed by atoms with Crippen LogP contribution in [-0.2, 0) is 14.3 Å². The van der Waals surface area contributed by atoms with E-state index in [1.165, 1.54) is 7.11 Å². The fourth-order valence-corrected chi connectivity index (χ4v) is 3.03. The van der Waals surface area contributed by atoms with E-state index in [2.05, 4.69) is 6.92 Å². The standard InChI is InChI=1S/C17H23NO4/c1-4-5-14(12-6-8-13(21-2)9-7-12)18-15(17(20)22-3)10-11-16(18)19/h6-9,14-15H,4-5,10-11H2,1-3H3. The molecule has 2 rings (SSSR count). The normalized spacial score (nSPS) is 19.1. The van der Waals surface area contributed by atoms with Crippen LogP contribution in [0.25, 0.3) is 0 Å². The molecule has 22 heavy (non-hydrogen) atoms. The SMILES string of the molecule is CCCC(c1ccc(OC)cc1)N1C(=O)CCC1C(=O)OC. The molecule has 5 nitrogen and oxygen atoms in total. The Kier molecular flexibility index (Phi) is 5.41. The summed E-state index contributed by atoms with van der Waals surface area (Å²) in [5.41, 5.74) is 1.02. The number of esters is 1. The average Bonchev–Trinajstić information content (AvgIpc) is 2.93. The number of benzene rings is 1. The summed E-state index contributed by atoms with van der Waals surface area (Å²) in [6.07, 6.45) is 2.66. The molecule has 2 atom stereocenters. The zero-order valence-corrected chi connectivity index (χ0v) is 13.4. The van der Waals surface area contributed by atoms with Crippen molar-refractivity contribution in [3.63, 3.8) is 0 Å². The van der Waals surface area contributed by atoms with Crippen molar-refractivity contribution in [1.82, 2.24) is 4.90 Å². The minimum absolute atomic E-state index is 0.0182. The van der Waals surface area contributed by atoms with Crippen LogP contribution in [0.3, 0.4) is 0 Å². The van der Waals surface area contributed by atoms with E-state index in [9.17, 15) is 9.59 Å². The predicted octanol–water partition coefficient (Wildman–Crippen LogP) is 2.70. The molecule has 0 saturated carbocycles. The first-order valence-electron chi connectivity index (χ1n) is 7.65. The summed E-state index contributed by atoms with van der Waals surface area (Å²) in [7, 11) is 2.99. The molecule has 2 unspecified atom stereocenters. The summed E-state index contributed by atoms with van der Waals surface area (Å²) < 4.78 is 10.0. The number of amides is 1. The average molecular weight is 305 g/mol. The Morgan fingerprint density at radius 3 is 2.55 bits per heavy atom. The number of carbonyl (C=O) groups is 2. The highest BCUT2D eigenvalue weighted by Gasteiger charge is 2.41. The van der Waals surface area contributed by atoms with Crippen molar-refractivity contribution in [2.75, 3.05) is 14.2 Å². The number of methoxy groups -OCH3 is 2. The molecule has 0 aliphatic carbocycles. The monoisotopic (exact) mass is 305 g/mol. The van der Waals surface area contributed by atoms with Gasteiger partial charge in [0.15, 0.2) is 0 Å². The smallest absolute Gasteiger partial charge is 0.328 e. The second-order valence-electron chi connectivity index (χ2n) is 5.46. The molecule has 0 aromatic heterocycles. The molecule has 0 radical (unpaired) electrons. The highest BCUT2D eigenvalue weighted by molar-refractivity contribution is 5.88. The zero-order chi connectivity index (χ0) is 16.1. The zero-order valence-electron chi connectivity index (χ0n) is 13.4. The minimum Gasteiger partial charge on any atom is -0.497 e. The molecule has 1 aromatic carbocycles. The lowest BCUT2D eigenvalue weighted by atomic mass is 9.99. The number of nitrogens with zero attached hydrogens (tertiary/aromatic N) is 1. The second kappa shape index (κ2) is 7.29. The van der Waals surface area contributed by atoms with Crippen LogP contribution in [0.4, 0.5) is 0 Å². The van der Waals surface area contributed by atoms with Crippen LogP contribution in [0.15, 0.2) is 24.3 Å². The quantitative estimate of drug-likeness (QED) is 0.758. The van der Waals surface area contributed by atoms with Gasteiger partial charge >= 0.3 is 5.97 Å². The number of rotatable bonds is 6. The molecule has 5 heteroatoms. The molecule has 1 aromatic rings. The number of hydrogen-bond acceptors (Lipinski definition) is 4. The van der Waals surface area contributed by atoms with Gasteiger partial charge in [-0.3, -0.25) is 4.79 Å². The highest BCUT2D eigenvalue weighted by Crippen LogP contribution is 2.34. The molecule has 1 saturated heterocycles. The van der Waals surface area contributed by atoms with Gasteiger partial charge in [-0.15, -0.1) is 0 Å². The van der Waals surface area contributed by atoms with E-state index in [4.69, 9.17) is 9.47 Å². The van der Waals surface area contributed by atoms with Gasteiger partial charge in [0.05, 0.1) is 20.3 Å². The summed E-state index contributed by atoms with van der Waals surface area (Å²) in [5, 5.41) is 0. The largest absolute Gasteiger partial charge is 0.497 e. The van der Waals surface area contributed by atoms with Gasteiger partial charge in [0.2, 0.25) is 5.91 Å². The first kappa shape index (κ1) is 16.3. The molecule has 0 bridgehead atoms. The molecule has 0 N–H and O–H groups in total. The van der Waals surface area contributed by atoms with Crippen molar-refractivity contribution in [1.29, 1.82) is 0 Å². The summed E-state index contributed by atoms with van der Waals surface area (Å²) in [6, 6.07) is 7.10. The molecule has 1 fully saturated rings. The van der Waals surface area contributed by atoms with Gasteiger partial charge in [0.25, 0.3) is 0 Å². The van der Waals surface area contributed by atoms with Gasteiger partial charge < -0.3 is 14.4 Å². The summed E-state index contributed by atoms with van der Waals surface area (Å²) >= 11 is 0. The van der Waals surface area contributed by atoms with Gasteiger partial charge in [-0.1, -0.05) is 25.5 Å². The molecule has 1 amide bonds. The molecule has 1 aliphatic heterocycles. The van der Waals surface area contributed by atoms with Gasteiger partial charge in [0, 0.05) is 6.42 Å². The van der Waals surface area contributed by atoms with E-state index in [0.717, 1.165) is 24.2 Å². The van der Waals surface area contributed by atoms with E-state index in [-0.39, 0.29) is 17.9 Å². The van der Waals surface area contributed by atoms with Crippen molar-refractivity contribution >= 4 is 11.9 Å². The lowest BCUT2D eigenvalue weighted by Crippen LogP contribution is -2.41. The third-order valence-corrected chi connectivity index (χ3v) is 4.13. The van der Waals surface area contributed by atoms with E-state index in [1.54, 1.807) is 12.0 Å². The third kappa shape index (κ3) is 3.24. The topological polar surface area (TPSA) is 55.8 Å². The van der Waals surface area contributed by atoms with E-state index < -0.39 is 6.04 Å². The van der Waals surface area contributed by atoms with Crippen molar-refractivity contribution in [3.05, 3.63) is 29.8 Å². The summed E-state index contributed by atoms with van der Waals surface area (Å²) in [4.78, 5) is 26.0. The van der Waals surface area contributed by atoms with Crippen LogP contribution in [0, 0.1) is 0 Å². The summed E-state index contributed by atoms with van der Waals surface area (Å²) in [5.74, 6) is 0.460. The van der Waals surface area contributed by atoms with Crippen LogP contribution >= 0.6 is 0 Å². The van der Waals surface area contributed by atoms with Crippen LogP contribution in [0.1, 0.15) is 44.2 Å². The Balaban J connectivity index is 2.31. The number of ether oxygens (including phenoxy) is 2. The maximum Gasteiger partial charge on any atom is 0.328 e. The maximum absolute atomic E-state index is 12.3. The molecule has 120 valence electrons. The first-order chi connectivity index (χ1) is 10.6. The van der Waals surface area contributed by atoms with Crippen LogP contribution < -0.4 is 4.74 Å². The lowest BCUT2D eigenvalue weighted by Gasteiger charge is -2.32. The Morgan fingerprint density at radius 2 is 2.00 bits per heavy atom. The van der Waals surface area contributed by atoms with Crippen molar-refractivity contribution < 1.29 is 19.1 Å². The highest BCUT2D eigenvalue weighted by atomic mass is 16.5. The van der Waals surface area contributed by atoms with Gasteiger partial charge in [-0.05, 0) is 30.5 Å². The van der Waals surface area contributed by atoms with Crippen LogP contribution in [0.2, 0.25) is 0 Å². The van der Waals surface area contributed by atoms with E-state index >= 15 is 0 Å². The van der Waals surface area contributed by atoms with Crippen molar-refractivity contribution in [2.24, 2.45) is 0 Å². The van der Waals surface area contributed by atoms with E-state index in [0.29, 0.717) is 12.8 Å². The molecular weight excluding hydrogens is 282 g/mol. The molecule has 1 heterocycles. The molecule has 1 aliphatic rings. The number of likely N-dealkylation sites (tertiary alicyclic amines) is 1. The minimum atomic E-state index is -0.476. The lowest BCUT2D eigenvalue weighted by molar-refractivity contribution is -0.151. The van der Waals surface area contributed by atoms with Crippen molar-refractivity contribution in [2.45, 2.75) is 44.7 Å². The van der Waals surface area contributed by atoms with Crippen molar-refractivity contribution in [3.8, 4) is 5.75 Å². The van der Waals surface area contributed by atoms with Gasteiger partial charge in [-0.25, -0.2) is 4.79 Å². The fourth-order valence-electron chi connectivity index (χ4n) is 3.03.